The zero-order valence-corrected chi connectivity index (χ0v) is 8.37. The molecule has 0 aliphatic heterocycles. The van der Waals surface area contributed by atoms with Crippen LogP contribution in [0.5, 0.6) is 0 Å². The van der Waals surface area contributed by atoms with E-state index in [2.05, 4.69) is 0 Å². The Morgan fingerprint density at radius 2 is 1.71 bits per heavy atom. The summed E-state index contributed by atoms with van der Waals surface area (Å²) >= 11 is 0. The maximum atomic E-state index is 9.31. The molecule has 0 saturated heterocycles. The van der Waals surface area contributed by atoms with Crippen LogP contribution < -0.4 is 5.73 Å². The van der Waals surface area contributed by atoms with E-state index in [0.717, 1.165) is 0 Å². The predicted octanol–water partition coefficient (Wildman–Crippen LogP) is -2.23. The van der Waals surface area contributed by atoms with Crippen LogP contribution in [0.4, 0.5) is 0 Å². The third-order valence-electron chi connectivity index (χ3n) is 1.85. The van der Waals surface area contributed by atoms with Crippen LogP contribution in [0.2, 0.25) is 0 Å². The summed E-state index contributed by atoms with van der Waals surface area (Å²) in [5, 5.41) is 36.2. The van der Waals surface area contributed by atoms with Crippen molar-refractivity contribution in [2.24, 2.45) is 5.73 Å². The molecule has 5 unspecified atom stereocenters. The average Bonchev–Trinajstić information content (AvgIpc) is 2.14. The van der Waals surface area contributed by atoms with Gasteiger partial charge in [0.1, 0.15) is 0 Å². The molecule has 14 heavy (non-hydrogen) atoms. The van der Waals surface area contributed by atoms with Crippen molar-refractivity contribution in [1.82, 2.24) is 0 Å². The van der Waals surface area contributed by atoms with Crippen LogP contribution in [0.3, 0.4) is 0 Å². The number of rotatable bonds is 6. The van der Waals surface area contributed by atoms with Gasteiger partial charge in [-0.25, -0.2) is 0 Å². The van der Waals surface area contributed by atoms with Gasteiger partial charge in [-0.2, -0.15) is 0 Å². The van der Waals surface area contributed by atoms with E-state index in [1.807, 2.05) is 0 Å². The molecule has 0 saturated carbocycles. The molecule has 0 aromatic heterocycles. The van der Waals surface area contributed by atoms with E-state index in [-0.39, 0.29) is 6.61 Å². The second kappa shape index (κ2) is 6.28. The Kier molecular flexibility index (Phi) is 6.17. The van der Waals surface area contributed by atoms with Gasteiger partial charge in [-0.3, -0.25) is 0 Å². The maximum Gasteiger partial charge on any atom is 0.172 e. The molecule has 0 radical (unpaired) electrons. The van der Waals surface area contributed by atoms with Crippen molar-refractivity contribution in [2.45, 2.75) is 44.5 Å². The Balaban J connectivity index is 4.04. The lowest BCUT2D eigenvalue weighted by Crippen LogP contribution is -2.51. The van der Waals surface area contributed by atoms with E-state index in [9.17, 15) is 10.2 Å². The smallest absolute Gasteiger partial charge is 0.172 e. The summed E-state index contributed by atoms with van der Waals surface area (Å²) in [4.78, 5) is 0. The Labute approximate surface area is 82.9 Å². The topological polar surface area (TPSA) is 116 Å². The van der Waals surface area contributed by atoms with E-state index < -0.39 is 30.6 Å². The molecular weight excluding hydrogens is 190 g/mol. The fourth-order valence-electron chi connectivity index (χ4n) is 0.862. The Bertz CT molecular complexity index is 155. The van der Waals surface area contributed by atoms with Crippen molar-refractivity contribution in [3.63, 3.8) is 0 Å². The Hall–Kier alpha value is -0.240. The molecule has 0 spiro atoms. The van der Waals surface area contributed by atoms with Crippen molar-refractivity contribution in [3.05, 3.63) is 0 Å². The summed E-state index contributed by atoms with van der Waals surface area (Å²) in [5.41, 5.74) is 5.40. The molecule has 0 aromatic rings. The van der Waals surface area contributed by atoms with Crippen LogP contribution in [0, 0.1) is 0 Å². The standard InChI is InChI=1S/C8H19NO5/c1-4(3-10)14-8(13)6(9)7(12)5(2)11/h4-8,10-13H,3,9H2,1-2H3. The van der Waals surface area contributed by atoms with Gasteiger partial charge in [0, 0.05) is 0 Å². The molecule has 0 aromatic carbocycles. The molecule has 86 valence electrons. The molecule has 5 atom stereocenters. The molecule has 6 nitrogen and oxygen atoms in total. The summed E-state index contributed by atoms with van der Waals surface area (Å²) < 4.78 is 4.84. The zero-order valence-electron chi connectivity index (χ0n) is 8.37. The number of aliphatic hydroxyl groups excluding tert-OH is 4. The minimum Gasteiger partial charge on any atom is -0.394 e. The van der Waals surface area contributed by atoms with Gasteiger partial charge >= 0.3 is 0 Å². The van der Waals surface area contributed by atoms with Crippen molar-refractivity contribution < 1.29 is 25.2 Å². The lowest BCUT2D eigenvalue weighted by Gasteiger charge is -2.27. The number of hydrogen-bond donors (Lipinski definition) is 5. The Morgan fingerprint density at radius 3 is 2.07 bits per heavy atom. The highest BCUT2D eigenvalue weighted by molar-refractivity contribution is 4.78. The molecule has 0 aliphatic rings. The SMILES string of the molecule is CC(CO)OC(O)C(N)C(O)C(C)O. The van der Waals surface area contributed by atoms with Crippen molar-refractivity contribution in [1.29, 1.82) is 0 Å². The first-order chi connectivity index (χ1) is 6.40. The quantitative estimate of drug-likeness (QED) is 0.316. The van der Waals surface area contributed by atoms with Crippen LogP contribution in [0.15, 0.2) is 0 Å². The van der Waals surface area contributed by atoms with Gasteiger partial charge in [0.05, 0.1) is 31.0 Å². The number of aliphatic hydroxyl groups is 4. The molecule has 6 heteroatoms. The van der Waals surface area contributed by atoms with Gasteiger partial charge in [-0.1, -0.05) is 0 Å². The van der Waals surface area contributed by atoms with Crippen LogP contribution in [-0.4, -0.2) is 57.7 Å². The molecule has 0 bridgehead atoms. The first-order valence-electron chi connectivity index (χ1n) is 4.46. The molecule has 0 aliphatic carbocycles. The van der Waals surface area contributed by atoms with E-state index in [1.165, 1.54) is 6.92 Å². The second-order valence-corrected chi connectivity index (χ2v) is 3.33. The maximum absolute atomic E-state index is 9.31. The molecule has 0 amide bonds. The van der Waals surface area contributed by atoms with Crippen LogP contribution in [-0.2, 0) is 4.74 Å². The van der Waals surface area contributed by atoms with E-state index >= 15 is 0 Å². The third kappa shape index (κ3) is 4.32. The van der Waals surface area contributed by atoms with E-state index in [4.69, 9.17) is 20.7 Å². The summed E-state index contributed by atoms with van der Waals surface area (Å²) in [6, 6.07) is -1.11. The molecule has 0 rings (SSSR count). The highest BCUT2D eigenvalue weighted by atomic mass is 16.6. The van der Waals surface area contributed by atoms with E-state index in [0.29, 0.717) is 0 Å². The minimum absolute atomic E-state index is 0.255. The van der Waals surface area contributed by atoms with Crippen LogP contribution in [0.1, 0.15) is 13.8 Å². The highest BCUT2D eigenvalue weighted by Crippen LogP contribution is 2.05. The third-order valence-corrected chi connectivity index (χ3v) is 1.85. The highest BCUT2D eigenvalue weighted by Gasteiger charge is 2.28. The second-order valence-electron chi connectivity index (χ2n) is 3.33. The van der Waals surface area contributed by atoms with Gasteiger partial charge in [-0.15, -0.1) is 0 Å². The Morgan fingerprint density at radius 1 is 1.21 bits per heavy atom. The van der Waals surface area contributed by atoms with E-state index in [1.54, 1.807) is 6.92 Å². The van der Waals surface area contributed by atoms with Crippen LogP contribution >= 0.6 is 0 Å². The average molecular weight is 209 g/mol. The predicted molar refractivity (Wildman–Crippen MR) is 49.3 cm³/mol. The number of nitrogens with two attached hydrogens (primary N) is 1. The van der Waals surface area contributed by atoms with Crippen molar-refractivity contribution in [3.8, 4) is 0 Å². The van der Waals surface area contributed by atoms with Gasteiger partial charge in [0.2, 0.25) is 0 Å². The van der Waals surface area contributed by atoms with Gasteiger partial charge < -0.3 is 30.9 Å². The number of hydrogen-bond acceptors (Lipinski definition) is 6. The fraction of sp³-hybridized carbons (Fsp3) is 1.00. The lowest BCUT2D eigenvalue weighted by atomic mass is 10.1. The zero-order chi connectivity index (χ0) is 11.3. The summed E-state index contributed by atoms with van der Waals surface area (Å²) in [6.45, 7) is 2.64. The molecular formula is C8H19NO5. The van der Waals surface area contributed by atoms with Gasteiger partial charge in [0.15, 0.2) is 6.29 Å². The molecule has 6 N–H and O–H groups in total. The van der Waals surface area contributed by atoms with Crippen LogP contribution in [0.25, 0.3) is 0 Å². The minimum atomic E-state index is -1.42. The molecule has 0 fully saturated rings. The van der Waals surface area contributed by atoms with Crippen molar-refractivity contribution >= 4 is 0 Å². The fourth-order valence-corrected chi connectivity index (χ4v) is 0.862. The monoisotopic (exact) mass is 209 g/mol. The largest absolute Gasteiger partial charge is 0.394 e. The summed E-state index contributed by atoms with van der Waals surface area (Å²) in [7, 11) is 0. The first kappa shape index (κ1) is 13.8. The lowest BCUT2D eigenvalue weighted by molar-refractivity contribution is -0.173. The number of ether oxygens (including phenoxy) is 1. The molecule has 0 heterocycles. The van der Waals surface area contributed by atoms with Gasteiger partial charge in [0.25, 0.3) is 0 Å². The first-order valence-corrected chi connectivity index (χ1v) is 4.46. The normalized spacial score (nSPS) is 22.5. The van der Waals surface area contributed by atoms with Gasteiger partial charge in [-0.05, 0) is 13.8 Å². The van der Waals surface area contributed by atoms with Crippen molar-refractivity contribution in [2.75, 3.05) is 6.61 Å². The summed E-state index contributed by atoms with van der Waals surface area (Å²) in [6.07, 6.45) is -4.30. The summed E-state index contributed by atoms with van der Waals surface area (Å²) in [5.74, 6) is 0.